The molecule has 1 heterocycles. The van der Waals surface area contributed by atoms with Crippen LogP contribution in [0.1, 0.15) is 5.56 Å². The molecule has 0 aliphatic rings. The molecule has 0 spiro atoms. The lowest BCUT2D eigenvalue weighted by atomic mass is 10.2. The zero-order chi connectivity index (χ0) is 11.2. The first-order valence-electron chi connectivity index (χ1n) is 5.12. The Balaban J connectivity index is 2.05. The monoisotopic (exact) mass is 277 g/mol. The summed E-state index contributed by atoms with van der Waals surface area (Å²) in [5.74, 6) is 1.44. The minimum Gasteiger partial charge on any atom is -0.439 e. The smallest absolute Gasteiger partial charge is 0.219 e. The molecule has 1 aromatic carbocycles. The van der Waals surface area contributed by atoms with Gasteiger partial charge in [0.05, 0.1) is 0 Å². The molecule has 0 amide bonds. The molecular weight excluding hydrogens is 266 g/mol. The van der Waals surface area contributed by atoms with E-state index in [-0.39, 0.29) is 0 Å². The fourth-order valence-electron chi connectivity index (χ4n) is 1.34. The summed E-state index contributed by atoms with van der Waals surface area (Å²) in [6.45, 7) is 0. The van der Waals surface area contributed by atoms with E-state index >= 15 is 0 Å². The summed E-state index contributed by atoms with van der Waals surface area (Å²) < 4.78 is 5.59. The topological polar surface area (TPSA) is 22.1 Å². The summed E-state index contributed by atoms with van der Waals surface area (Å²) in [5.41, 5.74) is 1.21. The zero-order valence-electron chi connectivity index (χ0n) is 8.77. The maximum atomic E-state index is 5.59. The highest BCUT2D eigenvalue weighted by Crippen LogP contribution is 2.18. The van der Waals surface area contributed by atoms with Gasteiger partial charge >= 0.3 is 0 Å². The Labute approximate surface area is 103 Å². The van der Waals surface area contributed by atoms with Gasteiger partial charge in [-0.15, -0.1) is 0 Å². The van der Waals surface area contributed by atoms with Crippen LogP contribution in [0.5, 0.6) is 11.6 Å². The maximum absolute atomic E-state index is 5.59. The zero-order valence-corrected chi connectivity index (χ0v) is 10.4. The third kappa shape index (κ3) is 3.07. The number of halogens is 1. The van der Waals surface area contributed by atoms with E-state index in [0.717, 1.165) is 17.5 Å². The molecule has 0 N–H and O–H groups in total. The van der Waals surface area contributed by atoms with Crippen molar-refractivity contribution in [2.75, 3.05) is 5.33 Å². The second-order valence-electron chi connectivity index (χ2n) is 3.36. The van der Waals surface area contributed by atoms with Gasteiger partial charge in [-0.3, -0.25) is 0 Å². The standard InChI is InChI=1S/C13H12BrNO/c14-9-8-11-6-7-13(15-10-11)16-12-4-2-1-3-5-12/h1-7,10H,8-9H2. The van der Waals surface area contributed by atoms with Crippen molar-refractivity contribution < 1.29 is 4.74 Å². The highest BCUT2D eigenvalue weighted by atomic mass is 79.9. The predicted octanol–water partition coefficient (Wildman–Crippen LogP) is 3.81. The van der Waals surface area contributed by atoms with Crippen molar-refractivity contribution in [2.45, 2.75) is 6.42 Å². The number of ether oxygens (including phenoxy) is 1. The van der Waals surface area contributed by atoms with Crippen molar-refractivity contribution in [3.63, 3.8) is 0 Å². The quantitative estimate of drug-likeness (QED) is 0.793. The normalized spacial score (nSPS) is 10.1. The molecule has 2 aromatic rings. The molecule has 0 saturated carbocycles. The fraction of sp³-hybridized carbons (Fsp3) is 0.154. The van der Waals surface area contributed by atoms with Gasteiger partial charge in [-0.2, -0.15) is 0 Å². The number of para-hydroxylation sites is 1. The number of aryl methyl sites for hydroxylation is 1. The first kappa shape index (κ1) is 11.1. The van der Waals surface area contributed by atoms with Gasteiger partial charge in [0.25, 0.3) is 0 Å². The van der Waals surface area contributed by atoms with Crippen LogP contribution in [-0.4, -0.2) is 10.3 Å². The Morgan fingerprint density at radius 3 is 2.50 bits per heavy atom. The number of hydrogen-bond acceptors (Lipinski definition) is 2. The number of pyridine rings is 1. The fourth-order valence-corrected chi connectivity index (χ4v) is 1.80. The average molecular weight is 278 g/mol. The molecule has 0 saturated heterocycles. The van der Waals surface area contributed by atoms with Gasteiger partial charge in [0.15, 0.2) is 0 Å². The van der Waals surface area contributed by atoms with Gasteiger partial charge in [-0.05, 0) is 24.1 Å². The summed E-state index contributed by atoms with van der Waals surface area (Å²) >= 11 is 3.40. The number of rotatable bonds is 4. The van der Waals surface area contributed by atoms with Crippen molar-refractivity contribution in [3.05, 3.63) is 54.2 Å². The Morgan fingerprint density at radius 1 is 1.06 bits per heavy atom. The van der Waals surface area contributed by atoms with Gasteiger partial charge in [0.1, 0.15) is 5.75 Å². The third-order valence-corrected chi connectivity index (χ3v) is 2.54. The lowest BCUT2D eigenvalue weighted by Crippen LogP contribution is -1.90. The molecule has 3 heteroatoms. The van der Waals surface area contributed by atoms with Crippen molar-refractivity contribution in [1.29, 1.82) is 0 Å². The SMILES string of the molecule is BrCCc1ccc(Oc2ccccc2)nc1. The molecule has 0 radical (unpaired) electrons. The predicted molar refractivity (Wildman–Crippen MR) is 68.3 cm³/mol. The molecule has 0 aliphatic carbocycles. The van der Waals surface area contributed by atoms with Crippen LogP contribution in [0, 0.1) is 0 Å². The van der Waals surface area contributed by atoms with E-state index in [9.17, 15) is 0 Å². The molecule has 1 aromatic heterocycles. The third-order valence-electron chi connectivity index (χ3n) is 2.15. The van der Waals surface area contributed by atoms with Crippen molar-refractivity contribution in [3.8, 4) is 11.6 Å². The van der Waals surface area contributed by atoms with Crippen LogP contribution in [0.4, 0.5) is 0 Å². The molecule has 2 nitrogen and oxygen atoms in total. The van der Waals surface area contributed by atoms with Crippen LogP contribution < -0.4 is 4.74 Å². The van der Waals surface area contributed by atoms with E-state index in [2.05, 4.69) is 20.9 Å². The van der Waals surface area contributed by atoms with Gasteiger partial charge in [-0.25, -0.2) is 4.98 Å². The molecule has 0 fully saturated rings. The lowest BCUT2D eigenvalue weighted by Gasteiger charge is -2.04. The first-order chi connectivity index (χ1) is 7.88. The van der Waals surface area contributed by atoms with Crippen LogP contribution in [0.25, 0.3) is 0 Å². The summed E-state index contributed by atoms with van der Waals surface area (Å²) in [6, 6.07) is 13.6. The van der Waals surface area contributed by atoms with Crippen LogP contribution >= 0.6 is 15.9 Å². The first-order valence-corrected chi connectivity index (χ1v) is 6.24. The summed E-state index contributed by atoms with van der Waals surface area (Å²) in [4.78, 5) is 4.25. The lowest BCUT2D eigenvalue weighted by molar-refractivity contribution is 0.462. The summed E-state index contributed by atoms with van der Waals surface area (Å²) in [5, 5.41) is 0.952. The summed E-state index contributed by atoms with van der Waals surface area (Å²) in [6.07, 6.45) is 2.83. The van der Waals surface area contributed by atoms with Crippen molar-refractivity contribution >= 4 is 15.9 Å². The van der Waals surface area contributed by atoms with E-state index in [1.165, 1.54) is 5.56 Å². The second-order valence-corrected chi connectivity index (χ2v) is 4.15. The molecule has 0 aliphatic heterocycles. The number of alkyl halides is 1. The van der Waals surface area contributed by atoms with E-state index in [1.807, 2.05) is 48.7 Å². The molecule has 16 heavy (non-hydrogen) atoms. The number of nitrogens with zero attached hydrogens (tertiary/aromatic N) is 1. The van der Waals surface area contributed by atoms with E-state index in [4.69, 9.17) is 4.74 Å². The van der Waals surface area contributed by atoms with Crippen LogP contribution in [-0.2, 0) is 6.42 Å². The van der Waals surface area contributed by atoms with Gasteiger partial charge in [0, 0.05) is 17.6 Å². The highest BCUT2D eigenvalue weighted by molar-refractivity contribution is 9.09. The number of benzene rings is 1. The Bertz CT molecular complexity index is 427. The molecule has 82 valence electrons. The minimum atomic E-state index is 0.629. The Kier molecular flexibility index (Phi) is 3.94. The molecule has 0 atom stereocenters. The largest absolute Gasteiger partial charge is 0.439 e. The van der Waals surface area contributed by atoms with Crippen molar-refractivity contribution in [2.24, 2.45) is 0 Å². The molecule has 0 unspecified atom stereocenters. The Hall–Kier alpha value is -1.35. The molecular formula is C13H12BrNO. The number of aromatic nitrogens is 1. The molecule has 0 bridgehead atoms. The van der Waals surface area contributed by atoms with Gasteiger partial charge in [0.2, 0.25) is 5.88 Å². The van der Waals surface area contributed by atoms with Crippen LogP contribution in [0.2, 0.25) is 0 Å². The molecule has 2 rings (SSSR count). The number of hydrogen-bond donors (Lipinski definition) is 0. The highest BCUT2D eigenvalue weighted by Gasteiger charge is 1.98. The Morgan fingerprint density at radius 2 is 1.88 bits per heavy atom. The van der Waals surface area contributed by atoms with Gasteiger partial charge < -0.3 is 4.74 Å². The maximum Gasteiger partial charge on any atom is 0.219 e. The van der Waals surface area contributed by atoms with E-state index in [0.29, 0.717) is 5.88 Å². The average Bonchev–Trinajstić information content (AvgIpc) is 2.33. The summed E-state index contributed by atoms with van der Waals surface area (Å²) in [7, 11) is 0. The van der Waals surface area contributed by atoms with E-state index < -0.39 is 0 Å². The van der Waals surface area contributed by atoms with E-state index in [1.54, 1.807) is 0 Å². The van der Waals surface area contributed by atoms with Crippen molar-refractivity contribution in [1.82, 2.24) is 4.98 Å². The van der Waals surface area contributed by atoms with Gasteiger partial charge in [-0.1, -0.05) is 40.2 Å². The van der Waals surface area contributed by atoms with Crippen LogP contribution in [0.3, 0.4) is 0 Å². The second kappa shape index (κ2) is 5.66. The van der Waals surface area contributed by atoms with Crippen LogP contribution in [0.15, 0.2) is 48.7 Å². The minimum absolute atomic E-state index is 0.629.